The molecule has 0 rings (SSSR count). The maximum Gasteiger partial charge on any atom is 0.00239 e. The van der Waals surface area contributed by atoms with Crippen molar-refractivity contribution in [1.82, 2.24) is 4.90 Å². The molecule has 0 spiro atoms. The number of hydrogen-bond acceptors (Lipinski definition) is 1. The molecule has 0 N–H and O–H groups in total. The lowest BCUT2D eigenvalue weighted by Crippen LogP contribution is -2.25. The predicted molar refractivity (Wildman–Crippen MR) is 102 cm³/mol. The summed E-state index contributed by atoms with van der Waals surface area (Å²) in [6.45, 7) is 25.9. The second-order valence-corrected chi connectivity index (χ2v) is 10.0. The van der Waals surface area contributed by atoms with Crippen molar-refractivity contribution in [3.8, 4) is 0 Å². The van der Waals surface area contributed by atoms with E-state index in [0.29, 0.717) is 16.2 Å². The third-order valence-electron chi connectivity index (χ3n) is 2.85. The van der Waals surface area contributed by atoms with E-state index in [-0.39, 0.29) is 0 Å². The molecule has 0 aliphatic carbocycles. The first-order chi connectivity index (χ1) is 9.04. The summed E-state index contributed by atoms with van der Waals surface area (Å²) in [5.74, 6) is 0. The van der Waals surface area contributed by atoms with E-state index >= 15 is 0 Å². The highest BCUT2D eigenvalue weighted by Gasteiger charge is 2.09. The fourth-order valence-corrected chi connectivity index (χ4v) is 1.70. The Kier molecular flexibility index (Phi) is 14.2. The van der Waals surface area contributed by atoms with Crippen LogP contribution in [-0.4, -0.2) is 25.5 Å². The second kappa shape index (κ2) is 11.5. The average Bonchev–Trinajstić information content (AvgIpc) is 2.12. The first-order valence-corrected chi connectivity index (χ1v) is 8.69. The van der Waals surface area contributed by atoms with Crippen LogP contribution in [0.1, 0.15) is 95.4 Å². The Balaban J connectivity index is -0.000000234. The summed E-state index contributed by atoms with van der Waals surface area (Å²) >= 11 is 0. The quantitative estimate of drug-likeness (QED) is 0.538. The molecule has 0 aliphatic rings. The van der Waals surface area contributed by atoms with E-state index in [1.165, 1.54) is 19.3 Å². The van der Waals surface area contributed by atoms with Crippen molar-refractivity contribution in [2.45, 2.75) is 95.4 Å². The van der Waals surface area contributed by atoms with Gasteiger partial charge in [-0.25, -0.2) is 0 Å². The lowest BCUT2D eigenvalue weighted by molar-refractivity contribution is 0.263. The molecule has 0 unspecified atom stereocenters. The van der Waals surface area contributed by atoms with Crippen molar-refractivity contribution in [1.29, 1.82) is 0 Å². The van der Waals surface area contributed by atoms with Crippen molar-refractivity contribution in [3.05, 3.63) is 0 Å². The predicted octanol–water partition coefficient (Wildman–Crippen LogP) is 6.87. The van der Waals surface area contributed by atoms with Crippen molar-refractivity contribution < 1.29 is 0 Å². The Morgan fingerprint density at radius 2 is 0.952 bits per heavy atom. The zero-order valence-electron chi connectivity index (χ0n) is 17.8. The molecule has 0 radical (unpaired) electrons. The highest BCUT2D eigenvalue weighted by Crippen LogP contribution is 2.19. The molecule has 1 nitrogen and oxygen atoms in total. The van der Waals surface area contributed by atoms with Gasteiger partial charge in [0.1, 0.15) is 0 Å². The topological polar surface area (TPSA) is 3.24 Å². The third-order valence-corrected chi connectivity index (χ3v) is 2.85. The normalized spacial score (nSPS) is 12.3. The van der Waals surface area contributed by atoms with Crippen molar-refractivity contribution in [2.24, 2.45) is 16.2 Å². The van der Waals surface area contributed by atoms with Crippen LogP contribution in [0.2, 0.25) is 0 Å². The highest BCUT2D eigenvalue weighted by molar-refractivity contribution is 4.63. The fourth-order valence-electron chi connectivity index (χ4n) is 1.70. The molecule has 0 aliphatic heterocycles. The van der Waals surface area contributed by atoms with Gasteiger partial charge in [-0.2, -0.15) is 0 Å². The number of hydrogen-bond donors (Lipinski definition) is 0. The Morgan fingerprint density at radius 1 is 0.619 bits per heavy atom. The van der Waals surface area contributed by atoms with E-state index in [1.807, 2.05) is 0 Å². The van der Waals surface area contributed by atoms with Gasteiger partial charge in [0.2, 0.25) is 0 Å². The van der Waals surface area contributed by atoms with Gasteiger partial charge in [0.25, 0.3) is 0 Å². The van der Waals surface area contributed by atoms with Gasteiger partial charge in [-0.1, -0.05) is 89.0 Å². The maximum absolute atomic E-state index is 2.27. The van der Waals surface area contributed by atoms with Crippen molar-refractivity contribution in [3.63, 3.8) is 0 Å². The van der Waals surface area contributed by atoms with Gasteiger partial charge in [0.15, 0.2) is 0 Å². The number of rotatable bonds is 2. The first kappa shape index (κ1) is 25.9. The first-order valence-electron chi connectivity index (χ1n) is 8.69. The fraction of sp³-hybridized carbons (Fsp3) is 1.00. The minimum absolute atomic E-state index is 0.448. The van der Waals surface area contributed by atoms with Crippen LogP contribution in [0.5, 0.6) is 0 Å². The van der Waals surface area contributed by atoms with E-state index in [1.54, 1.807) is 0 Å². The SMILES string of the molecule is CCC(C)(C)C.CCCC(C)(C)C.CN(C)CC(C)(C)C. The van der Waals surface area contributed by atoms with E-state index in [9.17, 15) is 0 Å². The van der Waals surface area contributed by atoms with Crippen LogP contribution in [0.4, 0.5) is 0 Å². The van der Waals surface area contributed by atoms with Gasteiger partial charge in [0, 0.05) is 6.54 Å². The molecule has 0 amide bonds. The molecule has 1 heteroatoms. The van der Waals surface area contributed by atoms with Crippen LogP contribution < -0.4 is 0 Å². The molecule has 0 fully saturated rings. The van der Waals surface area contributed by atoms with Gasteiger partial charge in [-0.15, -0.1) is 0 Å². The lowest BCUT2D eigenvalue weighted by atomic mass is 9.91. The summed E-state index contributed by atoms with van der Waals surface area (Å²) in [5.41, 5.74) is 1.54. The Bertz CT molecular complexity index is 207. The second-order valence-electron chi connectivity index (χ2n) is 10.0. The summed E-state index contributed by atoms with van der Waals surface area (Å²) in [4.78, 5) is 2.21. The largest absolute Gasteiger partial charge is 0.309 e. The molecule has 21 heavy (non-hydrogen) atoms. The van der Waals surface area contributed by atoms with E-state index in [0.717, 1.165) is 6.54 Å². The molecule has 0 atom stereocenters. The monoisotopic (exact) mass is 301 g/mol. The molecule has 0 aromatic rings. The van der Waals surface area contributed by atoms with Crippen LogP contribution in [0.25, 0.3) is 0 Å². The molecule has 0 bridgehead atoms. The van der Waals surface area contributed by atoms with Gasteiger partial charge in [0.05, 0.1) is 0 Å². The van der Waals surface area contributed by atoms with Crippen molar-refractivity contribution >= 4 is 0 Å². The Hall–Kier alpha value is -0.0400. The van der Waals surface area contributed by atoms with Gasteiger partial charge >= 0.3 is 0 Å². The summed E-state index contributed by atoms with van der Waals surface area (Å²) < 4.78 is 0. The van der Waals surface area contributed by atoms with Gasteiger partial charge in [-0.3, -0.25) is 0 Å². The molecule has 0 heterocycles. The Morgan fingerprint density at radius 3 is 0.952 bits per heavy atom. The molecule has 0 aromatic carbocycles. The molecular formula is C20H47N. The zero-order valence-corrected chi connectivity index (χ0v) is 17.8. The molecule has 0 aromatic heterocycles. The number of nitrogens with zero attached hydrogens (tertiary/aromatic N) is 1. The standard InChI is InChI=1S/C7H17N.C7H16.C6H14/c1-7(2,3)6-8(4)5;1-5-6-7(2,3)4;1-5-6(2,3)4/h6H2,1-5H3;5-6H2,1-4H3;5H2,1-4H3. The molecular weight excluding hydrogens is 254 g/mol. The zero-order chi connectivity index (χ0) is 17.9. The molecule has 0 saturated carbocycles. The smallest absolute Gasteiger partial charge is 0.00239 e. The van der Waals surface area contributed by atoms with Crippen LogP contribution in [-0.2, 0) is 0 Å². The molecule has 0 saturated heterocycles. The van der Waals surface area contributed by atoms with Crippen molar-refractivity contribution in [2.75, 3.05) is 20.6 Å². The molecule has 132 valence electrons. The summed E-state index contributed by atoms with van der Waals surface area (Å²) in [6, 6.07) is 0. The Labute approximate surface area is 137 Å². The van der Waals surface area contributed by atoms with Crippen LogP contribution in [0, 0.1) is 16.2 Å². The summed E-state index contributed by atoms with van der Waals surface area (Å²) in [6.07, 6.45) is 3.92. The summed E-state index contributed by atoms with van der Waals surface area (Å²) in [5, 5.41) is 0. The van der Waals surface area contributed by atoms with Crippen LogP contribution >= 0.6 is 0 Å². The van der Waals surface area contributed by atoms with Gasteiger partial charge in [-0.05, 0) is 36.8 Å². The minimum Gasteiger partial charge on any atom is -0.309 e. The van der Waals surface area contributed by atoms with E-state index in [4.69, 9.17) is 0 Å². The minimum atomic E-state index is 0.448. The highest BCUT2D eigenvalue weighted by atomic mass is 15.1. The van der Waals surface area contributed by atoms with Gasteiger partial charge < -0.3 is 4.90 Å². The van der Waals surface area contributed by atoms with E-state index in [2.05, 4.69) is 95.2 Å². The average molecular weight is 302 g/mol. The van der Waals surface area contributed by atoms with E-state index < -0.39 is 0 Å². The summed E-state index contributed by atoms with van der Waals surface area (Å²) in [7, 11) is 4.20. The lowest BCUT2D eigenvalue weighted by Gasteiger charge is -2.22. The third kappa shape index (κ3) is 45.0. The van der Waals surface area contributed by atoms with Crippen LogP contribution in [0.3, 0.4) is 0 Å². The maximum atomic E-state index is 2.27. The van der Waals surface area contributed by atoms with Crippen LogP contribution in [0.15, 0.2) is 0 Å².